The molecule has 0 atom stereocenters. The number of benzene rings is 2. The number of sulfonamides is 1. The molecule has 0 fully saturated rings. The molecule has 0 aliphatic rings. The maximum atomic E-state index is 12.7. The lowest BCUT2D eigenvalue weighted by atomic mass is 10.1. The first-order valence-electron chi connectivity index (χ1n) is 9.45. The third-order valence-electron chi connectivity index (χ3n) is 4.38. The van der Waals surface area contributed by atoms with E-state index < -0.39 is 15.9 Å². The Kier molecular flexibility index (Phi) is 5.93. The fourth-order valence-electron chi connectivity index (χ4n) is 2.94. The first-order valence-corrected chi connectivity index (χ1v) is 11.8. The van der Waals surface area contributed by atoms with Crippen LogP contribution in [-0.2, 0) is 10.0 Å². The minimum Gasteiger partial charge on any atom is -0.490 e. The van der Waals surface area contributed by atoms with Crippen LogP contribution in [0.1, 0.15) is 17.3 Å². The van der Waals surface area contributed by atoms with Gasteiger partial charge in [-0.3, -0.25) is 14.9 Å². The van der Waals surface area contributed by atoms with Gasteiger partial charge >= 0.3 is 0 Å². The molecule has 3 N–H and O–H groups in total. The number of nitrogens with one attached hydrogen (secondary N) is 3. The highest BCUT2D eigenvalue weighted by atomic mass is 32.2. The molecule has 2 aromatic carbocycles. The second-order valence-electron chi connectivity index (χ2n) is 6.52. The van der Waals surface area contributed by atoms with Crippen molar-refractivity contribution in [1.82, 2.24) is 4.98 Å². The van der Waals surface area contributed by atoms with Crippen LogP contribution in [0.15, 0.2) is 69.4 Å². The van der Waals surface area contributed by atoms with E-state index in [1.807, 2.05) is 6.92 Å². The normalized spacial score (nSPS) is 11.3. The van der Waals surface area contributed by atoms with Crippen LogP contribution in [-0.4, -0.2) is 25.9 Å². The summed E-state index contributed by atoms with van der Waals surface area (Å²) in [4.78, 5) is 16.6. The lowest BCUT2D eigenvalue weighted by Crippen LogP contribution is -2.21. The van der Waals surface area contributed by atoms with Crippen LogP contribution >= 0.6 is 11.3 Å². The van der Waals surface area contributed by atoms with Gasteiger partial charge in [0.1, 0.15) is 5.56 Å². The molecule has 0 saturated heterocycles. The van der Waals surface area contributed by atoms with Gasteiger partial charge in [-0.2, -0.15) is 0 Å². The third-order valence-corrected chi connectivity index (χ3v) is 6.55. The third kappa shape index (κ3) is 4.48. The minimum atomic E-state index is -3.79. The Morgan fingerprint density at radius 3 is 2.69 bits per heavy atom. The summed E-state index contributed by atoms with van der Waals surface area (Å²) in [5.74, 6) is -0.0624. The Balaban J connectivity index is 1.54. The first kappa shape index (κ1) is 21.5. The Hall–Kier alpha value is -3.70. The van der Waals surface area contributed by atoms with E-state index >= 15 is 0 Å². The molecule has 9 nitrogen and oxygen atoms in total. The quantitative estimate of drug-likeness (QED) is 0.376. The molecule has 0 spiro atoms. The van der Waals surface area contributed by atoms with E-state index in [0.29, 0.717) is 29.0 Å². The van der Waals surface area contributed by atoms with E-state index in [1.165, 1.54) is 41.8 Å². The first-order chi connectivity index (χ1) is 15.4. The summed E-state index contributed by atoms with van der Waals surface area (Å²) >= 11 is 1.17. The molecular weight excluding hydrogens is 452 g/mol. The molecule has 0 unspecified atom stereocenters. The van der Waals surface area contributed by atoms with E-state index in [1.54, 1.807) is 29.6 Å². The summed E-state index contributed by atoms with van der Waals surface area (Å²) in [5, 5.41) is 13.3. The molecule has 0 radical (unpaired) electrons. The van der Waals surface area contributed by atoms with Gasteiger partial charge in [0.05, 0.1) is 11.5 Å². The van der Waals surface area contributed by atoms with Gasteiger partial charge in [-0.05, 0) is 43.3 Å². The van der Waals surface area contributed by atoms with Crippen molar-refractivity contribution in [3.63, 3.8) is 0 Å². The van der Waals surface area contributed by atoms with Crippen LogP contribution in [0, 0.1) is 5.41 Å². The summed E-state index contributed by atoms with van der Waals surface area (Å²) < 4.78 is 38.3. The average Bonchev–Trinajstić information content (AvgIpc) is 3.26. The number of aromatic nitrogens is 1. The van der Waals surface area contributed by atoms with E-state index in [9.17, 15) is 13.2 Å². The van der Waals surface area contributed by atoms with Gasteiger partial charge < -0.3 is 14.5 Å². The number of fused-ring (bicyclic) bond motifs is 1. The van der Waals surface area contributed by atoms with E-state index in [0.717, 1.165) is 0 Å². The molecule has 0 bridgehead atoms. The molecule has 164 valence electrons. The van der Waals surface area contributed by atoms with Crippen LogP contribution in [0.25, 0.3) is 11.0 Å². The van der Waals surface area contributed by atoms with E-state index in [4.69, 9.17) is 14.6 Å². The predicted octanol–water partition coefficient (Wildman–Crippen LogP) is 3.82. The molecular formula is C21H18N4O5S2. The molecule has 1 amide bonds. The van der Waals surface area contributed by atoms with Crippen LogP contribution in [0.3, 0.4) is 0 Å². The van der Waals surface area contributed by atoms with E-state index in [-0.39, 0.29) is 21.1 Å². The summed E-state index contributed by atoms with van der Waals surface area (Å²) in [5.41, 5.74) is 0.478. The predicted molar refractivity (Wildman–Crippen MR) is 121 cm³/mol. The number of hydrogen-bond acceptors (Lipinski definition) is 8. The summed E-state index contributed by atoms with van der Waals surface area (Å²) in [7, 11) is -3.79. The SMILES string of the molecule is CCOc1cccc2cc(C(=O)Nc3ccc(S(=O)(=O)Nc4nccs4)cc3)c(=N)oc12. The average molecular weight is 471 g/mol. The summed E-state index contributed by atoms with van der Waals surface area (Å²) in [6.07, 6.45) is 1.50. The van der Waals surface area contributed by atoms with Crippen molar-refractivity contribution in [2.24, 2.45) is 0 Å². The van der Waals surface area contributed by atoms with Gasteiger partial charge in [0.25, 0.3) is 15.9 Å². The number of anilines is 2. The lowest BCUT2D eigenvalue weighted by molar-refractivity contribution is 0.102. The summed E-state index contributed by atoms with van der Waals surface area (Å²) in [6.45, 7) is 2.28. The van der Waals surface area contributed by atoms with Crippen molar-refractivity contribution in [1.29, 1.82) is 5.41 Å². The zero-order chi connectivity index (χ0) is 22.7. The van der Waals surface area contributed by atoms with Gasteiger partial charge in [0.15, 0.2) is 16.5 Å². The standard InChI is InChI=1S/C21H18N4O5S2/c1-2-29-17-5-3-4-13-12-16(19(22)30-18(13)17)20(26)24-14-6-8-15(9-7-14)32(27,28)25-21-23-10-11-31-21/h3-12,22H,2H2,1H3,(H,23,25)(H,24,26). The Bertz CT molecular complexity index is 1430. The highest BCUT2D eigenvalue weighted by molar-refractivity contribution is 7.93. The second kappa shape index (κ2) is 8.81. The second-order valence-corrected chi connectivity index (χ2v) is 9.09. The summed E-state index contributed by atoms with van der Waals surface area (Å²) in [6, 6.07) is 12.5. The highest BCUT2D eigenvalue weighted by Gasteiger charge is 2.17. The molecule has 4 aromatic rings. The number of hydrogen-bond donors (Lipinski definition) is 3. The minimum absolute atomic E-state index is 0.0241. The smallest absolute Gasteiger partial charge is 0.263 e. The van der Waals surface area contributed by atoms with Gasteiger partial charge in [0.2, 0.25) is 5.55 Å². The maximum Gasteiger partial charge on any atom is 0.263 e. The van der Waals surface area contributed by atoms with Crippen LogP contribution in [0.4, 0.5) is 10.8 Å². The molecule has 0 saturated carbocycles. The van der Waals surface area contributed by atoms with Crippen molar-refractivity contribution in [3.05, 3.63) is 71.2 Å². The Labute approximate surface area is 187 Å². The number of rotatable bonds is 7. The van der Waals surface area contributed by atoms with Gasteiger partial charge in [-0.15, -0.1) is 11.3 Å². The number of carbonyl (C=O) groups is 1. The van der Waals surface area contributed by atoms with Crippen LogP contribution < -0.4 is 20.3 Å². The van der Waals surface area contributed by atoms with Crippen molar-refractivity contribution in [2.75, 3.05) is 16.6 Å². The van der Waals surface area contributed by atoms with Gasteiger partial charge in [-0.1, -0.05) is 12.1 Å². The number of ether oxygens (including phenoxy) is 1. The zero-order valence-electron chi connectivity index (χ0n) is 16.8. The number of thiazole rings is 1. The monoisotopic (exact) mass is 470 g/mol. The topological polar surface area (TPSA) is 134 Å². The number of para-hydroxylation sites is 1. The number of carbonyl (C=O) groups excluding carboxylic acids is 1. The molecule has 4 rings (SSSR count). The van der Waals surface area contributed by atoms with Crippen LogP contribution in [0.2, 0.25) is 0 Å². The van der Waals surface area contributed by atoms with Crippen LogP contribution in [0.5, 0.6) is 5.75 Å². The molecule has 0 aliphatic heterocycles. The lowest BCUT2D eigenvalue weighted by Gasteiger charge is -2.10. The van der Waals surface area contributed by atoms with E-state index in [2.05, 4.69) is 15.0 Å². The molecule has 2 aromatic heterocycles. The molecule has 2 heterocycles. The molecule has 11 heteroatoms. The number of nitrogens with zero attached hydrogens (tertiary/aromatic N) is 1. The van der Waals surface area contributed by atoms with Crippen molar-refractivity contribution >= 4 is 49.1 Å². The largest absolute Gasteiger partial charge is 0.490 e. The fraction of sp³-hybridized carbons (Fsp3) is 0.0952. The van der Waals surface area contributed by atoms with Crippen molar-refractivity contribution in [3.8, 4) is 5.75 Å². The Morgan fingerprint density at radius 1 is 1.22 bits per heavy atom. The number of amides is 1. The van der Waals surface area contributed by atoms with Gasteiger partial charge in [0, 0.05) is 22.7 Å². The van der Waals surface area contributed by atoms with Gasteiger partial charge in [-0.25, -0.2) is 13.4 Å². The fourth-order valence-corrected chi connectivity index (χ4v) is 4.72. The van der Waals surface area contributed by atoms with Crippen molar-refractivity contribution < 1.29 is 22.4 Å². The molecule has 32 heavy (non-hydrogen) atoms. The zero-order valence-corrected chi connectivity index (χ0v) is 18.4. The van der Waals surface area contributed by atoms with Crippen molar-refractivity contribution in [2.45, 2.75) is 11.8 Å². The maximum absolute atomic E-state index is 12.7. The molecule has 0 aliphatic carbocycles. The Morgan fingerprint density at radius 2 is 2.00 bits per heavy atom. The highest BCUT2D eigenvalue weighted by Crippen LogP contribution is 2.25.